The van der Waals surface area contributed by atoms with Crippen molar-refractivity contribution in [2.45, 2.75) is 32.1 Å². The van der Waals surface area contributed by atoms with Gasteiger partial charge < -0.3 is 10.1 Å². The Labute approximate surface area is 186 Å². The molecule has 0 aliphatic carbocycles. The normalized spacial score (nSPS) is 10.4. The van der Waals surface area contributed by atoms with E-state index in [-0.39, 0.29) is 12.3 Å². The quantitative estimate of drug-likeness (QED) is 0.455. The first-order chi connectivity index (χ1) is 14.2. The Hall–Kier alpha value is -2.94. The molecule has 0 radical (unpaired) electrons. The molecule has 0 spiro atoms. The Bertz CT molecular complexity index is 1170. The zero-order valence-electron chi connectivity index (χ0n) is 16.9. The second-order valence-electron chi connectivity index (χ2n) is 7.15. The van der Waals surface area contributed by atoms with E-state index in [1.54, 1.807) is 18.2 Å². The van der Waals surface area contributed by atoms with E-state index in [1.807, 2.05) is 51.1 Å². The Kier molecular flexibility index (Phi) is 6.71. The first-order valence-electron chi connectivity index (χ1n) is 9.33. The van der Waals surface area contributed by atoms with Crippen molar-refractivity contribution in [2.24, 2.45) is 0 Å². The summed E-state index contributed by atoms with van der Waals surface area (Å²) >= 11 is 10.4. The highest BCUT2D eigenvalue weighted by Gasteiger charge is 2.12. The fourth-order valence-corrected chi connectivity index (χ4v) is 3.58. The van der Waals surface area contributed by atoms with Gasteiger partial charge in [-0.25, -0.2) is 0 Å². The SMILES string of the molecule is Cc1cc(S)ccc1NC(=O)Cc1cc(C)c(C)c(Oc2cc(Cl)cc(C#N)c2)c1. The largest absolute Gasteiger partial charge is 0.457 e. The van der Waals surface area contributed by atoms with Crippen LogP contribution in [-0.2, 0) is 11.2 Å². The number of benzene rings is 3. The molecular weight excluding hydrogens is 416 g/mol. The van der Waals surface area contributed by atoms with E-state index < -0.39 is 0 Å². The Morgan fingerprint density at radius 3 is 2.57 bits per heavy atom. The molecular formula is C24H21ClN2O2S. The van der Waals surface area contributed by atoms with Crippen molar-refractivity contribution < 1.29 is 9.53 Å². The van der Waals surface area contributed by atoms with Gasteiger partial charge >= 0.3 is 0 Å². The second-order valence-corrected chi connectivity index (χ2v) is 8.10. The summed E-state index contributed by atoms with van der Waals surface area (Å²) in [4.78, 5) is 13.4. The summed E-state index contributed by atoms with van der Waals surface area (Å²) in [5.41, 5.74) is 4.93. The lowest BCUT2D eigenvalue weighted by atomic mass is 10.0. The molecule has 3 aromatic rings. The van der Waals surface area contributed by atoms with Crippen LogP contribution >= 0.6 is 24.2 Å². The number of ether oxygens (including phenoxy) is 1. The lowest BCUT2D eigenvalue weighted by molar-refractivity contribution is -0.115. The summed E-state index contributed by atoms with van der Waals surface area (Å²) in [6.45, 7) is 5.85. The molecule has 1 amide bonds. The number of nitrogens with zero attached hydrogens (tertiary/aromatic N) is 1. The minimum Gasteiger partial charge on any atom is -0.457 e. The summed E-state index contributed by atoms with van der Waals surface area (Å²) in [6, 6.07) is 16.3. The molecule has 0 aromatic heterocycles. The first kappa shape index (κ1) is 21.8. The van der Waals surface area contributed by atoms with Gasteiger partial charge in [0.15, 0.2) is 0 Å². The molecule has 0 saturated carbocycles. The van der Waals surface area contributed by atoms with Gasteiger partial charge in [-0.15, -0.1) is 12.6 Å². The van der Waals surface area contributed by atoms with Crippen LogP contribution in [0.1, 0.15) is 27.8 Å². The zero-order chi connectivity index (χ0) is 21.8. The zero-order valence-corrected chi connectivity index (χ0v) is 18.6. The number of thiol groups is 1. The van der Waals surface area contributed by atoms with Crippen molar-refractivity contribution in [3.63, 3.8) is 0 Å². The van der Waals surface area contributed by atoms with Gasteiger partial charge in [0.05, 0.1) is 18.1 Å². The predicted octanol–water partition coefficient (Wildman–Crippen LogP) is 6.40. The van der Waals surface area contributed by atoms with E-state index in [9.17, 15) is 4.79 Å². The highest BCUT2D eigenvalue weighted by atomic mass is 35.5. The maximum atomic E-state index is 12.6. The fraction of sp³-hybridized carbons (Fsp3) is 0.167. The highest BCUT2D eigenvalue weighted by molar-refractivity contribution is 7.80. The number of carbonyl (C=O) groups is 1. The monoisotopic (exact) mass is 436 g/mol. The average molecular weight is 437 g/mol. The minimum atomic E-state index is -0.117. The molecule has 4 nitrogen and oxygen atoms in total. The van der Waals surface area contributed by atoms with Gasteiger partial charge in [-0.1, -0.05) is 17.7 Å². The van der Waals surface area contributed by atoms with Crippen LogP contribution in [-0.4, -0.2) is 5.91 Å². The van der Waals surface area contributed by atoms with Gasteiger partial charge in [0.25, 0.3) is 0 Å². The van der Waals surface area contributed by atoms with Gasteiger partial charge in [0, 0.05) is 15.6 Å². The number of nitrogens with one attached hydrogen (secondary N) is 1. The van der Waals surface area contributed by atoms with Crippen molar-refractivity contribution in [1.29, 1.82) is 5.26 Å². The standard InChI is InChI=1S/C24H21ClN2O2S/c1-14-6-17(11-24(28)27-22-5-4-21(30)7-15(22)2)10-23(16(14)3)29-20-9-18(13-26)8-19(25)12-20/h4-10,12,30H,11H2,1-3H3,(H,27,28). The molecule has 0 heterocycles. The Balaban J connectivity index is 1.81. The van der Waals surface area contributed by atoms with Gasteiger partial charge in [-0.05, 0) is 85.5 Å². The van der Waals surface area contributed by atoms with Crippen LogP contribution < -0.4 is 10.1 Å². The molecule has 0 unspecified atom stereocenters. The molecule has 0 aliphatic heterocycles. The molecule has 3 aromatic carbocycles. The van der Waals surface area contributed by atoms with Crippen LogP contribution in [0.4, 0.5) is 5.69 Å². The smallest absolute Gasteiger partial charge is 0.228 e. The number of hydrogen-bond donors (Lipinski definition) is 2. The van der Waals surface area contributed by atoms with Crippen molar-refractivity contribution in [3.8, 4) is 17.6 Å². The topological polar surface area (TPSA) is 62.1 Å². The Morgan fingerprint density at radius 2 is 1.87 bits per heavy atom. The fourth-order valence-electron chi connectivity index (χ4n) is 3.09. The van der Waals surface area contributed by atoms with E-state index in [1.165, 1.54) is 0 Å². The van der Waals surface area contributed by atoms with E-state index in [0.717, 1.165) is 32.8 Å². The lowest BCUT2D eigenvalue weighted by Gasteiger charge is -2.14. The number of nitriles is 1. The molecule has 0 saturated heterocycles. The highest BCUT2D eigenvalue weighted by Crippen LogP contribution is 2.31. The van der Waals surface area contributed by atoms with Crippen molar-refractivity contribution >= 4 is 35.8 Å². The van der Waals surface area contributed by atoms with Crippen molar-refractivity contribution in [2.75, 3.05) is 5.32 Å². The van der Waals surface area contributed by atoms with Gasteiger partial charge in [0.1, 0.15) is 11.5 Å². The number of carbonyl (C=O) groups excluding carboxylic acids is 1. The van der Waals surface area contributed by atoms with Crippen LogP contribution in [0.2, 0.25) is 5.02 Å². The predicted molar refractivity (Wildman–Crippen MR) is 123 cm³/mol. The van der Waals surface area contributed by atoms with Crippen LogP contribution in [0.25, 0.3) is 0 Å². The molecule has 30 heavy (non-hydrogen) atoms. The molecule has 1 N–H and O–H groups in total. The number of hydrogen-bond acceptors (Lipinski definition) is 4. The van der Waals surface area contributed by atoms with Gasteiger partial charge in [0.2, 0.25) is 5.91 Å². The minimum absolute atomic E-state index is 0.117. The van der Waals surface area contributed by atoms with Crippen molar-refractivity contribution in [3.05, 3.63) is 81.4 Å². The van der Waals surface area contributed by atoms with E-state index in [4.69, 9.17) is 21.6 Å². The third kappa shape index (κ3) is 5.35. The number of aryl methyl sites for hydroxylation is 2. The molecule has 0 fully saturated rings. The number of halogens is 1. The lowest BCUT2D eigenvalue weighted by Crippen LogP contribution is -2.15. The molecule has 0 atom stereocenters. The van der Waals surface area contributed by atoms with Crippen LogP contribution in [0.15, 0.2) is 53.4 Å². The van der Waals surface area contributed by atoms with E-state index in [2.05, 4.69) is 24.0 Å². The van der Waals surface area contributed by atoms with Crippen LogP contribution in [0.5, 0.6) is 11.5 Å². The van der Waals surface area contributed by atoms with Gasteiger partial charge in [-0.2, -0.15) is 5.26 Å². The summed E-state index contributed by atoms with van der Waals surface area (Å²) in [7, 11) is 0. The molecule has 6 heteroatoms. The summed E-state index contributed by atoms with van der Waals surface area (Å²) in [5.74, 6) is 0.985. The summed E-state index contributed by atoms with van der Waals surface area (Å²) in [6.07, 6.45) is 0.207. The van der Waals surface area contributed by atoms with Crippen molar-refractivity contribution in [1.82, 2.24) is 0 Å². The first-order valence-corrected chi connectivity index (χ1v) is 10.2. The van der Waals surface area contributed by atoms with E-state index in [0.29, 0.717) is 22.1 Å². The second kappa shape index (κ2) is 9.25. The molecule has 0 bridgehead atoms. The Morgan fingerprint density at radius 1 is 1.10 bits per heavy atom. The van der Waals surface area contributed by atoms with Crippen LogP contribution in [0.3, 0.4) is 0 Å². The third-order valence-corrected chi connectivity index (χ3v) is 5.25. The van der Waals surface area contributed by atoms with Gasteiger partial charge in [-0.3, -0.25) is 4.79 Å². The molecule has 3 rings (SSSR count). The maximum Gasteiger partial charge on any atom is 0.228 e. The van der Waals surface area contributed by atoms with Crippen LogP contribution in [0, 0.1) is 32.1 Å². The molecule has 152 valence electrons. The molecule has 0 aliphatic rings. The number of anilines is 1. The number of rotatable bonds is 5. The maximum absolute atomic E-state index is 12.6. The summed E-state index contributed by atoms with van der Waals surface area (Å²) < 4.78 is 6.01. The van der Waals surface area contributed by atoms with E-state index >= 15 is 0 Å². The number of amides is 1. The third-order valence-electron chi connectivity index (χ3n) is 4.76. The summed E-state index contributed by atoms with van der Waals surface area (Å²) in [5, 5.41) is 12.5. The average Bonchev–Trinajstić information content (AvgIpc) is 2.67.